The number of hydrogen-bond acceptors (Lipinski definition) is 4. The molecule has 0 saturated carbocycles. The Morgan fingerprint density at radius 3 is 2.75 bits per heavy atom. The molecule has 0 radical (unpaired) electrons. The van der Waals surface area contributed by atoms with Crippen molar-refractivity contribution < 1.29 is 4.74 Å². The summed E-state index contributed by atoms with van der Waals surface area (Å²) in [6.45, 7) is 2.62. The summed E-state index contributed by atoms with van der Waals surface area (Å²) in [5.74, 6) is 0.843. The van der Waals surface area contributed by atoms with Crippen molar-refractivity contribution in [3.63, 3.8) is 0 Å². The lowest BCUT2D eigenvalue weighted by molar-refractivity contribution is 0.340. The van der Waals surface area contributed by atoms with Crippen molar-refractivity contribution in [1.82, 2.24) is 24.1 Å². The number of nitrogens with zero attached hydrogens (tertiary/aromatic N) is 5. The van der Waals surface area contributed by atoms with Crippen molar-refractivity contribution in [2.75, 3.05) is 6.61 Å². The van der Waals surface area contributed by atoms with E-state index in [0.717, 1.165) is 33.9 Å². The molecule has 1 aromatic carbocycles. The van der Waals surface area contributed by atoms with Crippen molar-refractivity contribution in [3.05, 3.63) is 55.2 Å². The number of imidazole rings is 1. The zero-order valence-electron chi connectivity index (χ0n) is 13.5. The van der Waals surface area contributed by atoms with Crippen LogP contribution in [0.2, 0.25) is 0 Å². The van der Waals surface area contributed by atoms with Gasteiger partial charge in [0.05, 0.1) is 36.6 Å². The fourth-order valence-electron chi connectivity index (χ4n) is 2.72. The molecule has 0 unspecified atom stereocenters. The van der Waals surface area contributed by atoms with E-state index in [1.807, 2.05) is 67.4 Å². The van der Waals surface area contributed by atoms with Crippen LogP contribution >= 0.6 is 0 Å². The Bertz CT molecular complexity index is 1000. The first-order valence-corrected chi connectivity index (χ1v) is 7.80. The second-order valence-corrected chi connectivity index (χ2v) is 5.51. The van der Waals surface area contributed by atoms with Gasteiger partial charge in [0.2, 0.25) is 0 Å². The van der Waals surface area contributed by atoms with Gasteiger partial charge in [-0.25, -0.2) is 4.98 Å². The monoisotopic (exact) mass is 319 g/mol. The summed E-state index contributed by atoms with van der Waals surface area (Å²) in [5, 5.41) is 4.24. The molecule has 3 heterocycles. The van der Waals surface area contributed by atoms with Crippen LogP contribution in [0.3, 0.4) is 0 Å². The largest absolute Gasteiger partial charge is 0.494 e. The van der Waals surface area contributed by atoms with Crippen LogP contribution in [0.25, 0.3) is 28.2 Å². The first kappa shape index (κ1) is 14.4. The second kappa shape index (κ2) is 5.81. The molecule has 6 nitrogen and oxygen atoms in total. The van der Waals surface area contributed by atoms with Crippen LogP contribution in [0, 0.1) is 0 Å². The van der Waals surface area contributed by atoms with Crippen molar-refractivity contribution >= 4 is 5.65 Å². The minimum Gasteiger partial charge on any atom is -0.494 e. The second-order valence-electron chi connectivity index (χ2n) is 5.51. The Kier molecular flexibility index (Phi) is 3.49. The zero-order chi connectivity index (χ0) is 16.5. The molecule has 120 valence electrons. The van der Waals surface area contributed by atoms with Crippen LogP contribution < -0.4 is 4.74 Å². The maximum atomic E-state index is 5.58. The molecule has 0 amide bonds. The van der Waals surface area contributed by atoms with E-state index in [9.17, 15) is 0 Å². The summed E-state index contributed by atoms with van der Waals surface area (Å²) in [5.41, 5.74) is 4.69. The van der Waals surface area contributed by atoms with Gasteiger partial charge >= 0.3 is 0 Å². The quantitative estimate of drug-likeness (QED) is 0.579. The Morgan fingerprint density at radius 1 is 1.04 bits per heavy atom. The van der Waals surface area contributed by atoms with Gasteiger partial charge in [0, 0.05) is 30.6 Å². The number of ether oxygens (including phenoxy) is 1. The van der Waals surface area contributed by atoms with Crippen LogP contribution in [0.4, 0.5) is 0 Å². The fraction of sp³-hybridized carbons (Fsp3) is 0.167. The van der Waals surface area contributed by atoms with E-state index in [1.54, 1.807) is 10.9 Å². The number of benzene rings is 1. The molecule has 0 N–H and O–H groups in total. The molecule has 0 saturated heterocycles. The van der Waals surface area contributed by atoms with E-state index >= 15 is 0 Å². The Hall–Kier alpha value is -3.15. The van der Waals surface area contributed by atoms with Crippen LogP contribution in [0.15, 0.2) is 55.2 Å². The maximum absolute atomic E-state index is 5.58. The van der Waals surface area contributed by atoms with E-state index in [1.165, 1.54) is 0 Å². The highest BCUT2D eigenvalue weighted by Crippen LogP contribution is 2.25. The predicted octanol–water partition coefficient (Wildman–Crippen LogP) is 3.20. The van der Waals surface area contributed by atoms with Gasteiger partial charge in [0.15, 0.2) is 5.65 Å². The van der Waals surface area contributed by atoms with E-state index < -0.39 is 0 Å². The van der Waals surface area contributed by atoms with Gasteiger partial charge in [-0.2, -0.15) is 5.10 Å². The van der Waals surface area contributed by atoms with E-state index in [0.29, 0.717) is 6.61 Å². The predicted molar refractivity (Wildman–Crippen MR) is 91.8 cm³/mol. The van der Waals surface area contributed by atoms with E-state index in [4.69, 9.17) is 4.74 Å². The third kappa shape index (κ3) is 2.52. The summed E-state index contributed by atoms with van der Waals surface area (Å²) < 4.78 is 9.39. The molecule has 0 aliphatic carbocycles. The minimum atomic E-state index is 0.641. The van der Waals surface area contributed by atoms with Crippen LogP contribution in [0.1, 0.15) is 6.92 Å². The average molecular weight is 319 g/mol. The molecule has 4 rings (SSSR count). The van der Waals surface area contributed by atoms with Crippen molar-refractivity contribution in [2.45, 2.75) is 6.92 Å². The summed E-state index contributed by atoms with van der Waals surface area (Å²) in [6.07, 6.45) is 9.42. The summed E-state index contributed by atoms with van der Waals surface area (Å²) in [4.78, 5) is 8.96. The van der Waals surface area contributed by atoms with Gasteiger partial charge in [-0.1, -0.05) is 12.1 Å². The number of fused-ring (bicyclic) bond motifs is 1. The molecule has 0 bridgehead atoms. The number of rotatable bonds is 4. The van der Waals surface area contributed by atoms with Gasteiger partial charge in [-0.15, -0.1) is 0 Å². The fourth-order valence-corrected chi connectivity index (χ4v) is 2.72. The SMILES string of the molecule is CCOc1cccc(-c2cn3c(-c4cnn(C)c4)cnc3cn2)c1. The van der Waals surface area contributed by atoms with Crippen LogP contribution in [-0.4, -0.2) is 30.8 Å². The molecule has 0 fully saturated rings. The molecule has 24 heavy (non-hydrogen) atoms. The van der Waals surface area contributed by atoms with Gasteiger partial charge in [0.25, 0.3) is 0 Å². The molecule has 3 aromatic heterocycles. The maximum Gasteiger partial charge on any atom is 0.155 e. The molecule has 4 aromatic rings. The summed E-state index contributed by atoms with van der Waals surface area (Å²) in [7, 11) is 1.90. The summed E-state index contributed by atoms with van der Waals surface area (Å²) >= 11 is 0. The molecule has 0 atom stereocenters. The highest BCUT2D eigenvalue weighted by molar-refractivity contribution is 5.66. The lowest BCUT2D eigenvalue weighted by atomic mass is 10.1. The van der Waals surface area contributed by atoms with Gasteiger partial charge in [-0.05, 0) is 19.1 Å². The average Bonchev–Trinajstić information content (AvgIpc) is 3.20. The molecule has 0 spiro atoms. The lowest BCUT2D eigenvalue weighted by Crippen LogP contribution is -1.94. The van der Waals surface area contributed by atoms with Crippen molar-refractivity contribution in [2.24, 2.45) is 7.05 Å². The molecule has 0 aliphatic heterocycles. The minimum absolute atomic E-state index is 0.641. The number of aromatic nitrogens is 5. The lowest BCUT2D eigenvalue weighted by Gasteiger charge is -2.07. The highest BCUT2D eigenvalue weighted by atomic mass is 16.5. The van der Waals surface area contributed by atoms with Crippen LogP contribution in [-0.2, 0) is 7.05 Å². The van der Waals surface area contributed by atoms with Gasteiger partial charge in [0.1, 0.15) is 5.75 Å². The van der Waals surface area contributed by atoms with E-state index in [2.05, 4.69) is 15.1 Å². The van der Waals surface area contributed by atoms with Gasteiger partial charge < -0.3 is 4.74 Å². The Balaban J connectivity index is 1.81. The van der Waals surface area contributed by atoms with E-state index in [-0.39, 0.29) is 0 Å². The van der Waals surface area contributed by atoms with Crippen molar-refractivity contribution in [1.29, 1.82) is 0 Å². The summed E-state index contributed by atoms with van der Waals surface area (Å²) in [6, 6.07) is 7.95. The topological polar surface area (TPSA) is 57.2 Å². The van der Waals surface area contributed by atoms with Crippen LogP contribution in [0.5, 0.6) is 5.75 Å². The molecule has 0 aliphatic rings. The third-order valence-electron chi connectivity index (χ3n) is 3.84. The highest BCUT2D eigenvalue weighted by Gasteiger charge is 2.10. The Morgan fingerprint density at radius 2 is 1.96 bits per heavy atom. The smallest absolute Gasteiger partial charge is 0.155 e. The Labute approximate surface area is 139 Å². The number of aryl methyl sites for hydroxylation is 1. The van der Waals surface area contributed by atoms with Crippen molar-refractivity contribution in [3.8, 4) is 28.3 Å². The zero-order valence-corrected chi connectivity index (χ0v) is 13.5. The number of hydrogen-bond donors (Lipinski definition) is 0. The third-order valence-corrected chi connectivity index (χ3v) is 3.84. The van der Waals surface area contributed by atoms with Gasteiger partial charge in [-0.3, -0.25) is 14.1 Å². The molecular formula is C18H17N5O. The first-order chi connectivity index (χ1) is 11.7. The molecule has 6 heteroatoms. The molecular weight excluding hydrogens is 302 g/mol. The normalized spacial score (nSPS) is 11.1. The standard InChI is InChI=1S/C18H17N5O/c1-3-24-15-6-4-5-13(7-15)16-12-23-17(9-20-18(23)10-19-16)14-8-21-22(2)11-14/h4-12H,3H2,1-2H3. The first-order valence-electron chi connectivity index (χ1n) is 7.80.